The predicted molar refractivity (Wildman–Crippen MR) is 71.3 cm³/mol. The van der Waals surface area contributed by atoms with Gasteiger partial charge in [-0.3, -0.25) is 4.79 Å². The van der Waals surface area contributed by atoms with E-state index in [4.69, 9.17) is 4.74 Å². The van der Waals surface area contributed by atoms with E-state index in [9.17, 15) is 4.79 Å². The van der Waals surface area contributed by atoms with E-state index in [0.717, 1.165) is 5.69 Å². The summed E-state index contributed by atoms with van der Waals surface area (Å²) >= 11 is 0. The number of nitrogens with one attached hydrogen (secondary N) is 1. The van der Waals surface area contributed by atoms with Crippen molar-refractivity contribution in [2.24, 2.45) is 0 Å². The molecule has 0 saturated carbocycles. The van der Waals surface area contributed by atoms with E-state index in [1.54, 1.807) is 0 Å². The number of carbonyl (C=O) groups excluding carboxylic acids is 1. The van der Waals surface area contributed by atoms with Gasteiger partial charge in [-0.2, -0.15) is 0 Å². The highest BCUT2D eigenvalue weighted by atomic mass is 16.5. The van der Waals surface area contributed by atoms with Crippen LogP contribution in [0, 0.1) is 0 Å². The van der Waals surface area contributed by atoms with Crippen LogP contribution in [0.1, 0.15) is 0 Å². The maximum absolute atomic E-state index is 11.5. The maximum atomic E-state index is 11.5. The van der Waals surface area contributed by atoms with Gasteiger partial charge in [-0.05, 0) is 24.3 Å². The van der Waals surface area contributed by atoms with Crippen molar-refractivity contribution in [3.63, 3.8) is 0 Å². The quantitative estimate of drug-likeness (QED) is 0.657. The second-order valence-electron chi connectivity index (χ2n) is 3.59. The molecule has 2 aromatic carbocycles. The Morgan fingerprint density at radius 3 is 2.22 bits per heavy atom. The number of carbonyl (C=O) groups is 1. The maximum Gasteiger partial charge on any atom is 0.251 e. The Kier molecular flexibility index (Phi) is 4.14. The number of para-hydroxylation sites is 2. The summed E-state index contributed by atoms with van der Waals surface area (Å²) in [6.07, 6.45) is 2.72. The lowest BCUT2D eigenvalue weighted by molar-refractivity contribution is -0.112. The summed E-state index contributed by atoms with van der Waals surface area (Å²) in [7, 11) is 0. The highest BCUT2D eigenvalue weighted by molar-refractivity contribution is 5.99. The summed E-state index contributed by atoms with van der Waals surface area (Å²) < 4.78 is 5.27. The highest BCUT2D eigenvalue weighted by Gasteiger charge is 1.96. The third-order valence-electron chi connectivity index (χ3n) is 2.21. The molecule has 3 heteroatoms. The van der Waals surface area contributed by atoms with Gasteiger partial charge < -0.3 is 10.1 Å². The van der Waals surface area contributed by atoms with Crippen molar-refractivity contribution in [3.8, 4) is 5.75 Å². The molecule has 3 nitrogen and oxygen atoms in total. The van der Waals surface area contributed by atoms with Crippen LogP contribution in [0.15, 0.2) is 73.0 Å². The van der Waals surface area contributed by atoms with Gasteiger partial charge in [0, 0.05) is 11.8 Å². The Bertz CT molecular complexity index is 521. The lowest BCUT2D eigenvalue weighted by Gasteiger charge is -2.01. The molecule has 2 aromatic rings. The Hall–Kier alpha value is -2.55. The van der Waals surface area contributed by atoms with Crippen LogP contribution < -0.4 is 10.1 Å². The third-order valence-corrected chi connectivity index (χ3v) is 2.21. The number of rotatable bonds is 4. The molecular weight excluding hydrogens is 226 g/mol. The van der Waals surface area contributed by atoms with Gasteiger partial charge in [0.05, 0.1) is 6.26 Å². The summed E-state index contributed by atoms with van der Waals surface area (Å²) in [4.78, 5) is 11.5. The van der Waals surface area contributed by atoms with E-state index < -0.39 is 0 Å². The molecule has 0 heterocycles. The Labute approximate surface area is 106 Å². The van der Waals surface area contributed by atoms with Crippen molar-refractivity contribution in [1.82, 2.24) is 0 Å². The van der Waals surface area contributed by atoms with Gasteiger partial charge in [0.25, 0.3) is 5.91 Å². The van der Waals surface area contributed by atoms with Gasteiger partial charge in [-0.25, -0.2) is 0 Å². The van der Waals surface area contributed by atoms with Crippen LogP contribution in [0.2, 0.25) is 0 Å². The number of benzene rings is 2. The first-order valence-corrected chi connectivity index (χ1v) is 5.59. The number of ether oxygens (including phenoxy) is 1. The topological polar surface area (TPSA) is 38.3 Å². The standard InChI is InChI=1S/C15H13NO2/c17-15(16-13-7-3-1-4-8-13)11-12-18-14-9-5-2-6-10-14/h1-12H,(H,16,17). The second-order valence-corrected chi connectivity index (χ2v) is 3.59. The molecule has 1 N–H and O–H groups in total. The van der Waals surface area contributed by atoms with E-state index in [1.807, 2.05) is 60.7 Å². The molecule has 0 atom stereocenters. The summed E-state index contributed by atoms with van der Waals surface area (Å²) in [5.41, 5.74) is 0.756. The van der Waals surface area contributed by atoms with E-state index in [2.05, 4.69) is 5.32 Å². The molecule has 0 unspecified atom stereocenters. The zero-order valence-electron chi connectivity index (χ0n) is 9.74. The molecule has 0 aliphatic rings. The van der Waals surface area contributed by atoms with Crippen LogP contribution in [-0.2, 0) is 4.79 Å². The lowest BCUT2D eigenvalue weighted by atomic mass is 10.3. The van der Waals surface area contributed by atoms with Crippen LogP contribution >= 0.6 is 0 Å². The fraction of sp³-hybridized carbons (Fsp3) is 0. The minimum absolute atomic E-state index is 0.225. The zero-order chi connectivity index (χ0) is 12.6. The summed E-state index contributed by atoms with van der Waals surface area (Å²) in [6.45, 7) is 0. The first kappa shape index (κ1) is 11.9. The second kappa shape index (κ2) is 6.25. The van der Waals surface area contributed by atoms with Crippen molar-refractivity contribution in [1.29, 1.82) is 0 Å². The van der Waals surface area contributed by atoms with E-state index in [0.29, 0.717) is 5.75 Å². The Balaban J connectivity index is 1.85. The van der Waals surface area contributed by atoms with Crippen molar-refractivity contribution in [3.05, 3.63) is 73.0 Å². The van der Waals surface area contributed by atoms with Crippen molar-refractivity contribution in [2.45, 2.75) is 0 Å². The number of anilines is 1. The molecule has 0 bridgehead atoms. The van der Waals surface area contributed by atoms with E-state index in [-0.39, 0.29) is 5.91 Å². The molecule has 0 spiro atoms. The van der Waals surface area contributed by atoms with Crippen molar-refractivity contribution in [2.75, 3.05) is 5.32 Å². The Morgan fingerprint density at radius 1 is 0.944 bits per heavy atom. The monoisotopic (exact) mass is 239 g/mol. The van der Waals surface area contributed by atoms with Crippen LogP contribution in [0.3, 0.4) is 0 Å². The Morgan fingerprint density at radius 2 is 1.56 bits per heavy atom. The van der Waals surface area contributed by atoms with Gasteiger partial charge in [-0.15, -0.1) is 0 Å². The largest absolute Gasteiger partial charge is 0.465 e. The molecule has 0 fully saturated rings. The molecule has 0 aliphatic heterocycles. The fourth-order valence-corrected chi connectivity index (χ4v) is 1.38. The SMILES string of the molecule is O=C(C=COc1ccccc1)Nc1ccccc1. The number of hydrogen-bond donors (Lipinski definition) is 1. The van der Waals surface area contributed by atoms with Crippen molar-refractivity contribution >= 4 is 11.6 Å². The van der Waals surface area contributed by atoms with Crippen molar-refractivity contribution < 1.29 is 9.53 Å². The molecular formula is C15H13NO2. The molecule has 0 aliphatic carbocycles. The van der Waals surface area contributed by atoms with Gasteiger partial charge in [-0.1, -0.05) is 36.4 Å². The minimum Gasteiger partial charge on any atom is -0.465 e. The van der Waals surface area contributed by atoms with Gasteiger partial charge >= 0.3 is 0 Å². The van der Waals surface area contributed by atoms with Crippen LogP contribution in [0.5, 0.6) is 5.75 Å². The molecule has 0 aromatic heterocycles. The molecule has 0 radical (unpaired) electrons. The smallest absolute Gasteiger partial charge is 0.251 e. The van der Waals surface area contributed by atoms with Crippen LogP contribution in [0.25, 0.3) is 0 Å². The first-order chi connectivity index (χ1) is 8.84. The summed E-state index contributed by atoms with van der Waals surface area (Å²) in [5, 5.41) is 2.72. The molecule has 2 rings (SSSR count). The molecule has 0 saturated heterocycles. The normalized spacial score (nSPS) is 10.2. The fourth-order valence-electron chi connectivity index (χ4n) is 1.38. The van der Waals surface area contributed by atoms with Gasteiger partial charge in [0.2, 0.25) is 0 Å². The average molecular weight is 239 g/mol. The number of amides is 1. The molecule has 1 amide bonds. The third kappa shape index (κ3) is 3.79. The van der Waals surface area contributed by atoms with E-state index >= 15 is 0 Å². The minimum atomic E-state index is -0.225. The highest BCUT2D eigenvalue weighted by Crippen LogP contribution is 2.08. The summed E-state index contributed by atoms with van der Waals surface area (Å²) in [6, 6.07) is 18.5. The van der Waals surface area contributed by atoms with E-state index in [1.165, 1.54) is 12.3 Å². The van der Waals surface area contributed by atoms with Crippen LogP contribution in [-0.4, -0.2) is 5.91 Å². The molecule has 90 valence electrons. The molecule has 18 heavy (non-hydrogen) atoms. The van der Waals surface area contributed by atoms with Gasteiger partial charge in [0.1, 0.15) is 5.75 Å². The summed E-state index contributed by atoms with van der Waals surface area (Å²) in [5.74, 6) is 0.471. The van der Waals surface area contributed by atoms with Gasteiger partial charge in [0.15, 0.2) is 0 Å². The predicted octanol–water partition coefficient (Wildman–Crippen LogP) is 3.22. The van der Waals surface area contributed by atoms with Crippen LogP contribution in [0.4, 0.5) is 5.69 Å². The zero-order valence-corrected chi connectivity index (χ0v) is 9.74. The lowest BCUT2D eigenvalue weighted by Crippen LogP contribution is -2.07. The average Bonchev–Trinajstić information content (AvgIpc) is 2.41. The number of hydrogen-bond acceptors (Lipinski definition) is 2. The first-order valence-electron chi connectivity index (χ1n) is 5.59.